The molecule has 0 saturated heterocycles. The molecule has 28 heavy (non-hydrogen) atoms. The van der Waals surface area contributed by atoms with Crippen LogP contribution in [0.4, 0.5) is 5.82 Å². The zero-order valence-electron chi connectivity index (χ0n) is 17.9. The zero-order chi connectivity index (χ0) is 20.5. The third-order valence-corrected chi connectivity index (χ3v) is 5.40. The Morgan fingerprint density at radius 3 is 2.57 bits per heavy atom. The summed E-state index contributed by atoms with van der Waals surface area (Å²) in [6.07, 6.45) is 7.98. The van der Waals surface area contributed by atoms with Crippen LogP contribution in [0.1, 0.15) is 64.7 Å². The summed E-state index contributed by atoms with van der Waals surface area (Å²) in [6, 6.07) is 4.41. The van der Waals surface area contributed by atoms with E-state index < -0.39 is 0 Å². The van der Waals surface area contributed by atoms with Crippen molar-refractivity contribution in [3.05, 3.63) is 47.4 Å². The molecule has 0 atom stereocenters. The highest BCUT2D eigenvalue weighted by molar-refractivity contribution is 5.74. The molecule has 0 radical (unpaired) electrons. The van der Waals surface area contributed by atoms with Gasteiger partial charge in [0.1, 0.15) is 0 Å². The molecule has 3 aromatic rings. The van der Waals surface area contributed by atoms with Crippen LogP contribution in [0.3, 0.4) is 0 Å². The highest BCUT2D eigenvalue weighted by Crippen LogP contribution is 2.31. The number of nitrogens with zero attached hydrogens (tertiary/aromatic N) is 3. The molecule has 0 aliphatic carbocycles. The first kappa shape index (κ1) is 20.3. The minimum atomic E-state index is -0.124. The fourth-order valence-corrected chi connectivity index (χ4v) is 3.87. The van der Waals surface area contributed by atoms with E-state index in [2.05, 4.69) is 85.0 Å². The molecule has 6 nitrogen and oxygen atoms in total. The van der Waals surface area contributed by atoms with Crippen molar-refractivity contribution < 1.29 is 4.57 Å². The van der Waals surface area contributed by atoms with E-state index in [1.165, 1.54) is 16.7 Å². The first-order valence-electron chi connectivity index (χ1n) is 9.99. The highest BCUT2D eigenvalue weighted by Gasteiger charge is 2.30. The number of aromatic amines is 1. The molecule has 3 heterocycles. The average Bonchev–Trinajstić information content (AvgIpc) is 3.08. The number of hydrogen-bond donors (Lipinski definition) is 3. The minimum Gasteiger partial charge on any atom is -0.261 e. The fraction of sp³-hybridized carbons (Fsp3) is 0.500. The van der Waals surface area contributed by atoms with Crippen LogP contribution >= 0.6 is 0 Å². The van der Waals surface area contributed by atoms with Crippen LogP contribution in [0, 0.1) is 0 Å². The van der Waals surface area contributed by atoms with Crippen LogP contribution in [0.15, 0.2) is 30.7 Å². The lowest BCUT2D eigenvalue weighted by atomic mass is 9.82. The van der Waals surface area contributed by atoms with E-state index in [-0.39, 0.29) is 10.8 Å². The Kier molecular flexibility index (Phi) is 5.44. The van der Waals surface area contributed by atoms with E-state index in [1.54, 1.807) is 0 Å². The van der Waals surface area contributed by atoms with Crippen molar-refractivity contribution in [3.8, 4) is 0 Å². The molecule has 0 fully saturated rings. The SMILES string of the molecule is CCCc1c(C(C)(C)C)cc[n+](CC(C)(C)c2cnc3[nH]ncc3c2)c1NN. The Morgan fingerprint density at radius 1 is 1.18 bits per heavy atom. The molecular weight excluding hydrogens is 348 g/mol. The van der Waals surface area contributed by atoms with Crippen LogP contribution in [0.5, 0.6) is 0 Å². The molecular formula is C22H33N6+. The van der Waals surface area contributed by atoms with Gasteiger partial charge >= 0.3 is 0 Å². The van der Waals surface area contributed by atoms with Gasteiger partial charge in [0.2, 0.25) is 0 Å². The Bertz CT molecular complexity index is 965. The maximum Gasteiger partial charge on any atom is 0.295 e. The van der Waals surface area contributed by atoms with E-state index >= 15 is 0 Å². The Balaban J connectivity index is 2.03. The Labute approximate surface area is 167 Å². The molecule has 3 aromatic heterocycles. The second-order valence-electron chi connectivity index (χ2n) is 9.24. The summed E-state index contributed by atoms with van der Waals surface area (Å²) in [5.74, 6) is 7.02. The van der Waals surface area contributed by atoms with Crippen molar-refractivity contribution >= 4 is 16.9 Å². The van der Waals surface area contributed by atoms with Gasteiger partial charge in [-0.1, -0.05) is 48.0 Å². The smallest absolute Gasteiger partial charge is 0.261 e. The summed E-state index contributed by atoms with van der Waals surface area (Å²) in [5.41, 5.74) is 7.58. The third-order valence-electron chi connectivity index (χ3n) is 5.40. The number of fused-ring (bicyclic) bond motifs is 1. The van der Waals surface area contributed by atoms with Gasteiger partial charge in [-0.15, -0.1) is 0 Å². The molecule has 0 saturated carbocycles. The molecule has 3 rings (SSSR count). The number of nitrogens with one attached hydrogen (secondary N) is 2. The van der Waals surface area contributed by atoms with Crippen molar-refractivity contribution in [2.75, 3.05) is 5.43 Å². The average molecular weight is 382 g/mol. The molecule has 0 amide bonds. The van der Waals surface area contributed by atoms with Gasteiger partial charge in [-0.25, -0.2) is 9.55 Å². The Hall–Kier alpha value is -2.47. The third kappa shape index (κ3) is 3.87. The summed E-state index contributed by atoms with van der Waals surface area (Å²) in [5, 5.41) is 8.03. The molecule has 4 N–H and O–H groups in total. The van der Waals surface area contributed by atoms with E-state index in [0.29, 0.717) is 0 Å². The molecule has 0 spiro atoms. The van der Waals surface area contributed by atoms with Gasteiger partial charge in [-0.05, 0) is 35.1 Å². The van der Waals surface area contributed by atoms with Gasteiger partial charge < -0.3 is 0 Å². The predicted octanol–water partition coefficient (Wildman–Crippen LogP) is 3.76. The number of anilines is 1. The molecule has 150 valence electrons. The highest BCUT2D eigenvalue weighted by atomic mass is 15.3. The maximum atomic E-state index is 6.02. The van der Waals surface area contributed by atoms with Crippen molar-refractivity contribution in [1.82, 2.24) is 15.2 Å². The number of rotatable bonds is 6. The van der Waals surface area contributed by atoms with Gasteiger partial charge in [0.15, 0.2) is 5.65 Å². The van der Waals surface area contributed by atoms with E-state index in [4.69, 9.17) is 5.84 Å². The van der Waals surface area contributed by atoms with Gasteiger partial charge in [-0.3, -0.25) is 5.10 Å². The number of hydrazine groups is 1. The fourth-order valence-electron chi connectivity index (χ4n) is 3.87. The number of pyridine rings is 2. The van der Waals surface area contributed by atoms with Crippen LogP contribution in [-0.2, 0) is 23.8 Å². The van der Waals surface area contributed by atoms with Gasteiger partial charge in [0, 0.05) is 22.6 Å². The lowest BCUT2D eigenvalue weighted by Gasteiger charge is -2.27. The topological polar surface area (TPSA) is 83.5 Å². The van der Waals surface area contributed by atoms with Gasteiger partial charge in [0.05, 0.1) is 18.9 Å². The predicted molar refractivity (Wildman–Crippen MR) is 114 cm³/mol. The quantitative estimate of drug-likeness (QED) is 0.345. The van der Waals surface area contributed by atoms with Crippen LogP contribution < -0.4 is 15.8 Å². The van der Waals surface area contributed by atoms with Crippen molar-refractivity contribution in [1.29, 1.82) is 0 Å². The number of nitrogen functional groups attached to an aromatic ring is 1. The number of nitrogens with two attached hydrogens (primary N) is 1. The van der Waals surface area contributed by atoms with Crippen molar-refractivity contribution in [2.45, 2.75) is 71.8 Å². The van der Waals surface area contributed by atoms with Crippen LogP contribution in [0.2, 0.25) is 0 Å². The first-order chi connectivity index (χ1) is 13.2. The lowest BCUT2D eigenvalue weighted by molar-refractivity contribution is -0.691. The molecule has 0 bridgehead atoms. The second kappa shape index (κ2) is 7.51. The van der Waals surface area contributed by atoms with Crippen molar-refractivity contribution in [2.24, 2.45) is 5.84 Å². The van der Waals surface area contributed by atoms with E-state index in [9.17, 15) is 0 Å². The largest absolute Gasteiger partial charge is 0.295 e. The van der Waals surface area contributed by atoms with E-state index in [1.807, 2.05) is 12.4 Å². The first-order valence-corrected chi connectivity index (χ1v) is 9.99. The summed E-state index contributed by atoms with van der Waals surface area (Å²) in [7, 11) is 0. The number of aromatic nitrogens is 4. The minimum absolute atomic E-state index is 0.0704. The maximum absolute atomic E-state index is 6.02. The molecule has 0 aliphatic heterocycles. The summed E-state index contributed by atoms with van der Waals surface area (Å²) in [6.45, 7) is 14.2. The summed E-state index contributed by atoms with van der Waals surface area (Å²) >= 11 is 0. The van der Waals surface area contributed by atoms with E-state index in [0.717, 1.165) is 36.2 Å². The Morgan fingerprint density at radius 2 is 1.93 bits per heavy atom. The summed E-state index contributed by atoms with van der Waals surface area (Å²) in [4.78, 5) is 4.52. The number of H-pyrrole nitrogens is 1. The lowest BCUT2D eigenvalue weighted by Crippen LogP contribution is -2.47. The molecule has 0 aliphatic rings. The number of hydrogen-bond acceptors (Lipinski definition) is 4. The molecule has 6 heteroatoms. The molecule has 0 aromatic carbocycles. The second-order valence-corrected chi connectivity index (χ2v) is 9.24. The van der Waals surface area contributed by atoms with Gasteiger partial charge in [-0.2, -0.15) is 16.4 Å². The monoisotopic (exact) mass is 381 g/mol. The van der Waals surface area contributed by atoms with Crippen LogP contribution in [0.25, 0.3) is 11.0 Å². The van der Waals surface area contributed by atoms with Crippen LogP contribution in [-0.4, -0.2) is 15.2 Å². The van der Waals surface area contributed by atoms with Crippen molar-refractivity contribution in [3.63, 3.8) is 0 Å². The summed E-state index contributed by atoms with van der Waals surface area (Å²) < 4.78 is 2.24. The molecule has 0 unspecified atom stereocenters. The standard InChI is InChI=1S/C22H32N6/c1-7-8-17-18(21(2,3)4)9-10-28(20(17)26-23)14-22(5,6)16-11-15-12-25-27-19(15)24-13-16/h9-13H,7-8,14,23H2,1-6H3,(H,24,25,27)/p+1. The van der Waals surface area contributed by atoms with Gasteiger partial charge in [0.25, 0.3) is 5.82 Å². The zero-order valence-corrected chi connectivity index (χ0v) is 17.9. The normalized spacial score (nSPS) is 12.5.